The second-order valence-corrected chi connectivity index (χ2v) is 7.31. The van der Waals surface area contributed by atoms with Crippen molar-refractivity contribution >= 4 is 34.1 Å². The number of nitrogens with zero attached hydrogens (tertiary/aromatic N) is 2. The smallest absolute Gasteiger partial charge is 0.263 e. The number of pyridine rings is 1. The monoisotopic (exact) mass is 366 g/mol. The third kappa shape index (κ3) is 2.61. The molecule has 1 amide bonds. The first kappa shape index (κ1) is 16.9. The molecular formula is C21H19ClN2O2. The maximum absolute atomic E-state index is 13.2. The van der Waals surface area contributed by atoms with E-state index in [2.05, 4.69) is 0 Å². The number of para-hydroxylation sites is 1. The van der Waals surface area contributed by atoms with Gasteiger partial charge in [-0.1, -0.05) is 29.8 Å². The normalized spacial score (nSPS) is 13.5. The lowest BCUT2D eigenvalue weighted by Crippen LogP contribution is -2.33. The zero-order chi connectivity index (χ0) is 18.4. The molecule has 0 spiro atoms. The number of hydrogen-bond acceptors (Lipinski definition) is 2. The van der Waals surface area contributed by atoms with Crippen LogP contribution in [0.3, 0.4) is 0 Å². The summed E-state index contributed by atoms with van der Waals surface area (Å²) in [5.41, 5.74) is 2.72. The Morgan fingerprint density at radius 2 is 1.92 bits per heavy atom. The Balaban J connectivity index is 1.91. The molecule has 0 fully saturated rings. The van der Waals surface area contributed by atoms with E-state index in [4.69, 9.17) is 11.6 Å². The van der Waals surface area contributed by atoms with Gasteiger partial charge in [0.2, 0.25) is 5.43 Å². The number of anilines is 1. The Kier molecular flexibility index (Phi) is 4.08. The molecule has 1 aromatic heterocycles. The fraction of sp³-hybridized carbons (Fsp3) is 0.238. The minimum Gasteiger partial charge on any atom is -0.344 e. The molecule has 0 saturated heterocycles. The highest BCUT2D eigenvalue weighted by molar-refractivity contribution is 6.31. The van der Waals surface area contributed by atoms with Crippen LogP contribution in [0.2, 0.25) is 5.02 Å². The summed E-state index contributed by atoms with van der Waals surface area (Å²) in [5, 5.41) is 0.963. The summed E-state index contributed by atoms with van der Waals surface area (Å²) in [4.78, 5) is 28.0. The van der Waals surface area contributed by atoms with E-state index in [1.54, 1.807) is 23.2 Å². The zero-order valence-electron chi connectivity index (χ0n) is 14.7. The van der Waals surface area contributed by atoms with E-state index in [-0.39, 0.29) is 22.9 Å². The molecule has 2 aromatic carbocycles. The van der Waals surface area contributed by atoms with Gasteiger partial charge in [-0.15, -0.1) is 0 Å². The van der Waals surface area contributed by atoms with Gasteiger partial charge in [-0.3, -0.25) is 9.59 Å². The van der Waals surface area contributed by atoms with Gasteiger partial charge in [0.25, 0.3) is 5.91 Å². The molecular weight excluding hydrogens is 348 g/mol. The quantitative estimate of drug-likeness (QED) is 0.673. The minimum absolute atomic E-state index is 0.108. The van der Waals surface area contributed by atoms with E-state index in [0.29, 0.717) is 17.0 Å². The highest BCUT2D eigenvalue weighted by Crippen LogP contribution is 2.29. The SMILES string of the molecule is CC(C)n1cc(C(=O)N2CCc3ccccc32)c(=O)c2cc(Cl)ccc21. The van der Waals surface area contributed by atoms with Crippen molar-refractivity contribution in [2.75, 3.05) is 11.4 Å². The first-order chi connectivity index (χ1) is 12.5. The van der Waals surface area contributed by atoms with Crippen LogP contribution in [0.5, 0.6) is 0 Å². The van der Waals surface area contributed by atoms with Gasteiger partial charge in [-0.2, -0.15) is 0 Å². The average Bonchev–Trinajstić information content (AvgIpc) is 3.05. The van der Waals surface area contributed by atoms with Gasteiger partial charge in [-0.05, 0) is 50.1 Å². The van der Waals surface area contributed by atoms with Crippen LogP contribution in [-0.4, -0.2) is 17.0 Å². The first-order valence-electron chi connectivity index (χ1n) is 8.71. The van der Waals surface area contributed by atoms with E-state index < -0.39 is 0 Å². The largest absolute Gasteiger partial charge is 0.344 e. The van der Waals surface area contributed by atoms with E-state index in [1.807, 2.05) is 48.7 Å². The second kappa shape index (κ2) is 6.29. The highest BCUT2D eigenvalue weighted by atomic mass is 35.5. The molecule has 3 aromatic rings. The summed E-state index contributed by atoms with van der Waals surface area (Å²) >= 11 is 6.11. The fourth-order valence-corrected chi connectivity index (χ4v) is 3.77. The minimum atomic E-state index is -0.270. The highest BCUT2D eigenvalue weighted by Gasteiger charge is 2.28. The molecule has 0 saturated carbocycles. The molecule has 0 unspecified atom stereocenters. The van der Waals surface area contributed by atoms with Crippen molar-refractivity contribution in [2.24, 2.45) is 0 Å². The molecule has 0 atom stereocenters. The summed E-state index contributed by atoms with van der Waals surface area (Å²) in [6.07, 6.45) is 2.49. The van der Waals surface area contributed by atoms with Crippen molar-refractivity contribution in [3.63, 3.8) is 0 Å². The molecule has 1 aliphatic rings. The number of rotatable bonds is 2. The van der Waals surface area contributed by atoms with Gasteiger partial charge >= 0.3 is 0 Å². The van der Waals surface area contributed by atoms with E-state index in [0.717, 1.165) is 23.2 Å². The Morgan fingerprint density at radius 1 is 1.15 bits per heavy atom. The van der Waals surface area contributed by atoms with Crippen molar-refractivity contribution in [2.45, 2.75) is 26.3 Å². The molecule has 4 nitrogen and oxygen atoms in total. The van der Waals surface area contributed by atoms with E-state index in [1.165, 1.54) is 0 Å². The van der Waals surface area contributed by atoms with Crippen molar-refractivity contribution in [3.8, 4) is 0 Å². The number of benzene rings is 2. The Hall–Kier alpha value is -2.59. The van der Waals surface area contributed by atoms with E-state index in [9.17, 15) is 9.59 Å². The third-order valence-electron chi connectivity index (χ3n) is 4.91. The number of halogens is 1. The molecule has 2 heterocycles. The summed E-state index contributed by atoms with van der Waals surface area (Å²) in [7, 11) is 0. The molecule has 132 valence electrons. The standard InChI is InChI=1S/C21H19ClN2O2/c1-13(2)24-12-17(20(25)16-11-15(22)7-8-19(16)24)21(26)23-10-9-14-5-3-4-6-18(14)23/h3-8,11-13H,9-10H2,1-2H3. The number of carbonyl (C=O) groups excluding carboxylic acids is 1. The van der Waals surface area contributed by atoms with Gasteiger partial charge < -0.3 is 9.47 Å². The van der Waals surface area contributed by atoms with Crippen molar-refractivity contribution in [3.05, 3.63) is 75.0 Å². The van der Waals surface area contributed by atoms with Crippen molar-refractivity contribution in [1.82, 2.24) is 4.57 Å². The second-order valence-electron chi connectivity index (χ2n) is 6.87. The average molecular weight is 367 g/mol. The predicted molar refractivity (Wildman–Crippen MR) is 105 cm³/mol. The van der Waals surface area contributed by atoms with Crippen molar-refractivity contribution in [1.29, 1.82) is 0 Å². The fourth-order valence-electron chi connectivity index (χ4n) is 3.60. The van der Waals surface area contributed by atoms with Gasteiger partial charge in [0.05, 0.1) is 5.52 Å². The topological polar surface area (TPSA) is 42.3 Å². The number of aromatic nitrogens is 1. The lowest BCUT2D eigenvalue weighted by Gasteiger charge is -2.20. The van der Waals surface area contributed by atoms with Gasteiger partial charge in [0, 0.05) is 34.9 Å². The Morgan fingerprint density at radius 3 is 2.69 bits per heavy atom. The van der Waals surface area contributed by atoms with Gasteiger partial charge in [0.1, 0.15) is 5.56 Å². The van der Waals surface area contributed by atoms with Crippen LogP contribution >= 0.6 is 11.6 Å². The molecule has 0 bridgehead atoms. The lowest BCUT2D eigenvalue weighted by atomic mass is 10.1. The third-order valence-corrected chi connectivity index (χ3v) is 5.15. The molecule has 0 aliphatic carbocycles. The Bertz CT molecular complexity index is 1090. The van der Waals surface area contributed by atoms with Gasteiger partial charge in [-0.25, -0.2) is 0 Å². The number of amides is 1. The molecule has 4 rings (SSSR count). The maximum atomic E-state index is 13.2. The van der Waals surface area contributed by atoms with Crippen LogP contribution in [0.25, 0.3) is 10.9 Å². The number of fused-ring (bicyclic) bond motifs is 2. The van der Waals surface area contributed by atoms with Crippen LogP contribution in [0.15, 0.2) is 53.5 Å². The van der Waals surface area contributed by atoms with Crippen molar-refractivity contribution < 1.29 is 4.79 Å². The number of carbonyl (C=O) groups is 1. The lowest BCUT2D eigenvalue weighted by molar-refractivity contribution is 0.0988. The van der Waals surface area contributed by atoms with Crippen LogP contribution in [0.4, 0.5) is 5.69 Å². The van der Waals surface area contributed by atoms with E-state index >= 15 is 0 Å². The summed E-state index contributed by atoms with van der Waals surface area (Å²) in [6.45, 7) is 4.64. The van der Waals surface area contributed by atoms with Crippen LogP contribution in [0, 0.1) is 0 Å². The number of hydrogen-bond donors (Lipinski definition) is 0. The van der Waals surface area contributed by atoms with Gasteiger partial charge in [0.15, 0.2) is 0 Å². The zero-order valence-corrected chi connectivity index (χ0v) is 15.5. The van der Waals surface area contributed by atoms with Crippen LogP contribution in [0.1, 0.15) is 35.8 Å². The molecule has 26 heavy (non-hydrogen) atoms. The van der Waals surface area contributed by atoms with Crippen LogP contribution < -0.4 is 10.3 Å². The Labute approximate surface area is 156 Å². The molecule has 0 N–H and O–H groups in total. The molecule has 0 radical (unpaired) electrons. The predicted octanol–water partition coefficient (Wildman–Crippen LogP) is 4.44. The molecule has 5 heteroatoms. The maximum Gasteiger partial charge on any atom is 0.263 e. The summed E-state index contributed by atoms with van der Waals surface area (Å²) in [5.74, 6) is -0.253. The van der Waals surface area contributed by atoms with Crippen LogP contribution in [-0.2, 0) is 6.42 Å². The summed E-state index contributed by atoms with van der Waals surface area (Å²) < 4.78 is 1.96. The first-order valence-corrected chi connectivity index (χ1v) is 9.09. The molecule has 1 aliphatic heterocycles. The summed E-state index contributed by atoms with van der Waals surface area (Å²) in [6, 6.07) is 13.2.